The van der Waals surface area contributed by atoms with Gasteiger partial charge in [-0.2, -0.15) is 13.2 Å². The fraction of sp³-hybridized carbons (Fsp3) is 0.371. The molecule has 0 unspecified atom stereocenters. The number of likely N-dealkylation sites (tertiary alicyclic amines) is 2. The summed E-state index contributed by atoms with van der Waals surface area (Å²) >= 11 is 3.52. The summed E-state index contributed by atoms with van der Waals surface area (Å²) in [5, 5.41) is 2.46. The van der Waals surface area contributed by atoms with Crippen molar-refractivity contribution in [3.63, 3.8) is 0 Å². The molecule has 2 saturated heterocycles. The summed E-state index contributed by atoms with van der Waals surface area (Å²) in [6.07, 6.45) is 0.554. The number of hydrogen-bond acceptors (Lipinski definition) is 6. The van der Waals surface area contributed by atoms with Crippen LogP contribution in [0.2, 0.25) is 0 Å². The molecule has 12 heteroatoms. The highest BCUT2D eigenvalue weighted by Crippen LogP contribution is 2.37. The number of carbonyl (C=O) groups excluding carboxylic acids is 1. The van der Waals surface area contributed by atoms with Crippen LogP contribution in [0.1, 0.15) is 53.2 Å². The summed E-state index contributed by atoms with van der Waals surface area (Å²) in [6.45, 7) is 3.95. The van der Waals surface area contributed by atoms with E-state index in [0.29, 0.717) is 28.4 Å². The molecule has 0 bridgehead atoms. The molecule has 1 amide bonds. The van der Waals surface area contributed by atoms with Crippen LogP contribution < -0.4 is 5.32 Å². The summed E-state index contributed by atoms with van der Waals surface area (Å²) in [7, 11) is -3.71. The number of halogens is 4. The quantitative estimate of drug-likeness (QED) is 0.207. The SMILES string of the molecule is CS(=O)(=O)c1ccc2nc(-c3cccc(Br)c3)c(CN3CCC(N4CCCC4)CC3)c(C(=O)N[C@H](c3ccccc3)C(F)(F)F)c2c1. The van der Waals surface area contributed by atoms with E-state index in [9.17, 15) is 26.4 Å². The van der Waals surface area contributed by atoms with Crippen molar-refractivity contribution in [3.8, 4) is 11.3 Å². The van der Waals surface area contributed by atoms with E-state index in [1.807, 2.05) is 24.3 Å². The van der Waals surface area contributed by atoms with Gasteiger partial charge in [0.15, 0.2) is 15.9 Å². The molecule has 248 valence electrons. The van der Waals surface area contributed by atoms with Crippen LogP contribution in [0, 0.1) is 0 Å². The first-order valence-corrected chi connectivity index (χ1v) is 18.4. The largest absolute Gasteiger partial charge is 0.412 e. The molecule has 1 N–H and O–H groups in total. The minimum atomic E-state index is -4.79. The standard InChI is InChI=1S/C35H36BrF3N4O3S/c1-47(45,46)27-12-13-30-28(21-27)31(34(44)41-33(35(37,38)39)23-8-3-2-4-9-23)29(32(40-30)24-10-7-11-25(36)20-24)22-42-18-14-26(15-19-42)43-16-5-6-17-43/h2-4,7-13,20-21,26,33H,5-6,14-19,22H2,1H3,(H,41,44)/t33-/m1/s1. The number of benzene rings is 3. The topological polar surface area (TPSA) is 82.6 Å². The molecule has 2 aliphatic heterocycles. The number of nitrogens with one attached hydrogen (secondary N) is 1. The number of amides is 1. The number of alkyl halides is 3. The molecular weight excluding hydrogens is 693 g/mol. The van der Waals surface area contributed by atoms with Crippen LogP contribution in [-0.2, 0) is 16.4 Å². The third-order valence-electron chi connectivity index (χ3n) is 9.14. The number of piperidine rings is 1. The van der Waals surface area contributed by atoms with E-state index in [2.05, 4.69) is 31.0 Å². The van der Waals surface area contributed by atoms with E-state index >= 15 is 0 Å². The Labute approximate surface area is 281 Å². The lowest BCUT2D eigenvalue weighted by Gasteiger charge is -2.37. The molecule has 3 aromatic carbocycles. The minimum absolute atomic E-state index is 0.0117. The molecule has 0 saturated carbocycles. The van der Waals surface area contributed by atoms with Gasteiger partial charge in [-0.1, -0.05) is 58.4 Å². The van der Waals surface area contributed by atoms with Gasteiger partial charge in [0.2, 0.25) is 0 Å². The van der Waals surface area contributed by atoms with Gasteiger partial charge in [0.1, 0.15) is 0 Å². The average Bonchev–Trinajstić information content (AvgIpc) is 3.58. The summed E-state index contributed by atoms with van der Waals surface area (Å²) < 4.78 is 69.6. The number of fused-ring (bicyclic) bond motifs is 1. The molecule has 6 rings (SSSR count). The number of carbonyl (C=O) groups is 1. The van der Waals surface area contributed by atoms with Crippen molar-refractivity contribution >= 4 is 42.6 Å². The smallest absolute Gasteiger partial charge is 0.337 e. The van der Waals surface area contributed by atoms with E-state index in [0.717, 1.165) is 49.7 Å². The van der Waals surface area contributed by atoms with Crippen molar-refractivity contribution in [2.24, 2.45) is 0 Å². The molecule has 0 radical (unpaired) electrons. The zero-order valence-electron chi connectivity index (χ0n) is 25.9. The van der Waals surface area contributed by atoms with Crippen molar-refractivity contribution in [1.82, 2.24) is 20.1 Å². The van der Waals surface area contributed by atoms with Gasteiger partial charge in [0.25, 0.3) is 5.91 Å². The maximum Gasteiger partial charge on any atom is 0.412 e. The highest BCUT2D eigenvalue weighted by Gasteiger charge is 2.42. The molecule has 0 spiro atoms. The second kappa shape index (κ2) is 13.7. The molecular formula is C35H36BrF3N4O3S. The molecule has 2 fully saturated rings. The van der Waals surface area contributed by atoms with Gasteiger partial charge in [-0.15, -0.1) is 0 Å². The first-order chi connectivity index (χ1) is 22.4. The molecule has 2 aliphatic rings. The monoisotopic (exact) mass is 728 g/mol. The lowest BCUT2D eigenvalue weighted by Crippen LogP contribution is -2.44. The van der Waals surface area contributed by atoms with Gasteiger partial charge in [0, 0.05) is 39.8 Å². The Morgan fingerprint density at radius 1 is 0.979 bits per heavy atom. The third-order valence-corrected chi connectivity index (χ3v) is 10.7. The first-order valence-electron chi connectivity index (χ1n) is 15.7. The molecule has 7 nitrogen and oxygen atoms in total. The van der Waals surface area contributed by atoms with Crippen molar-refractivity contribution in [2.75, 3.05) is 32.4 Å². The predicted octanol–water partition coefficient (Wildman–Crippen LogP) is 7.16. The zero-order valence-corrected chi connectivity index (χ0v) is 28.3. The molecule has 1 atom stereocenters. The Morgan fingerprint density at radius 3 is 2.32 bits per heavy atom. The van der Waals surface area contributed by atoms with E-state index in [1.165, 1.54) is 55.3 Å². The lowest BCUT2D eigenvalue weighted by atomic mass is 9.94. The van der Waals surface area contributed by atoms with Crippen LogP contribution in [0.3, 0.4) is 0 Å². The number of pyridine rings is 1. The molecule has 0 aliphatic carbocycles. The first kappa shape index (κ1) is 33.6. The van der Waals surface area contributed by atoms with Crippen molar-refractivity contribution < 1.29 is 26.4 Å². The van der Waals surface area contributed by atoms with Gasteiger partial charge >= 0.3 is 6.18 Å². The number of hydrogen-bond donors (Lipinski definition) is 1. The summed E-state index contributed by atoms with van der Waals surface area (Å²) in [5.74, 6) is -0.951. The second-order valence-corrected chi connectivity index (χ2v) is 15.3. The number of aromatic nitrogens is 1. The number of nitrogens with zero attached hydrogens (tertiary/aromatic N) is 3. The van der Waals surface area contributed by atoms with Crippen molar-refractivity contribution in [3.05, 3.63) is 94.0 Å². The van der Waals surface area contributed by atoms with Crippen molar-refractivity contribution in [1.29, 1.82) is 0 Å². The minimum Gasteiger partial charge on any atom is -0.337 e. The van der Waals surface area contributed by atoms with Crippen LogP contribution in [0.25, 0.3) is 22.2 Å². The molecule has 1 aromatic heterocycles. The van der Waals surface area contributed by atoms with Crippen LogP contribution >= 0.6 is 15.9 Å². The highest BCUT2D eigenvalue weighted by molar-refractivity contribution is 9.10. The van der Waals surface area contributed by atoms with Crippen molar-refractivity contribution in [2.45, 2.75) is 55.4 Å². The summed E-state index contributed by atoms with van der Waals surface area (Å²) in [5.41, 5.74) is 1.77. The van der Waals surface area contributed by atoms with Gasteiger partial charge in [-0.25, -0.2) is 13.4 Å². The maximum atomic E-state index is 14.5. The van der Waals surface area contributed by atoms with Crippen LogP contribution in [-0.4, -0.2) is 73.8 Å². The van der Waals surface area contributed by atoms with E-state index in [-0.39, 0.29) is 28.0 Å². The van der Waals surface area contributed by atoms with E-state index in [1.54, 1.807) is 6.07 Å². The Morgan fingerprint density at radius 2 is 1.68 bits per heavy atom. The Balaban J connectivity index is 1.51. The second-order valence-electron chi connectivity index (χ2n) is 12.4. The van der Waals surface area contributed by atoms with Crippen LogP contribution in [0.4, 0.5) is 13.2 Å². The van der Waals surface area contributed by atoms with E-state index in [4.69, 9.17) is 4.98 Å². The van der Waals surface area contributed by atoms with Crippen LogP contribution in [0.5, 0.6) is 0 Å². The summed E-state index contributed by atoms with van der Waals surface area (Å²) in [6, 6.07) is 17.1. The zero-order chi connectivity index (χ0) is 33.3. The van der Waals surface area contributed by atoms with Gasteiger partial charge in [0.05, 0.1) is 21.7 Å². The predicted molar refractivity (Wildman–Crippen MR) is 180 cm³/mol. The van der Waals surface area contributed by atoms with E-state index < -0.39 is 28.0 Å². The van der Waals surface area contributed by atoms with Gasteiger partial charge < -0.3 is 10.2 Å². The summed E-state index contributed by atoms with van der Waals surface area (Å²) in [4.78, 5) is 24.0. The maximum absolute atomic E-state index is 14.5. The van der Waals surface area contributed by atoms with Gasteiger partial charge in [-0.3, -0.25) is 9.69 Å². The third kappa shape index (κ3) is 7.56. The Bertz CT molecular complexity index is 1870. The molecule has 47 heavy (non-hydrogen) atoms. The average molecular weight is 730 g/mol. The molecule has 4 aromatic rings. The number of rotatable bonds is 8. The Hall–Kier alpha value is -3.32. The van der Waals surface area contributed by atoms with Crippen LogP contribution in [0.15, 0.2) is 82.2 Å². The Kier molecular flexibility index (Phi) is 9.76. The van der Waals surface area contributed by atoms with Gasteiger partial charge in [-0.05, 0) is 87.8 Å². The fourth-order valence-electron chi connectivity index (χ4n) is 6.78. The normalized spacial score (nSPS) is 17.6. The molecule has 3 heterocycles. The lowest BCUT2D eigenvalue weighted by molar-refractivity contribution is -0.155. The number of sulfone groups is 1. The highest BCUT2D eigenvalue weighted by atomic mass is 79.9. The fourth-order valence-corrected chi connectivity index (χ4v) is 7.82.